The molecule has 0 bridgehead atoms. The lowest BCUT2D eigenvalue weighted by molar-refractivity contribution is 0.134. The van der Waals surface area contributed by atoms with E-state index in [2.05, 4.69) is 48.3 Å². The first kappa shape index (κ1) is 14.1. The molecule has 0 unspecified atom stereocenters. The summed E-state index contributed by atoms with van der Waals surface area (Å²) in [5.41, 5.74) is 0.342. The number of anilines is 2. The lowest BCUT2D eigenvalue weighted by Gasteiger charge is -2.40. The predicted octanol–water partition coefficient (Wildman–Crippen LogP) is 3.54. The van der Waals surface area contributed by atoms with Gasteiger partial charge in [-0.15, -0.1) is 0 Å². The van der Waals surface area contributed by atoms with Gasteiger partial charge >= 0.3 is 0 Å². The Morgan fingerprint density at radius 1 is 1.26 bits per heavy atom. The van der Waals surface area contributed by atoms with Gasteiger partial charge in [0.2, 0.25) is 0 Å². The molecule has 1 fully saturated rings. The van der Waals surface area contributed by atoms with Crippen LogP contribution in [0.15, 0.2) is 12.4 Å². The van der Waals surface area contributed by atoms with Crippen molar-refractivity contribution in [2.75, 3.05) is 17.2 Å². The van der Waals surface area contributed by atoms with Crippen molar-refractivity contribution in [3.05, 3.63) is 12.4 Å². The van der Waals surface area contributed by atoms with Crippen molar-refractivity contribution < 1.29 is 0 Å². The largest absolute Gasteiger partial charge is 0.369 e. The molecule has 0 spiro atoms. The monoisotopic (exact) mass is 262 g/mol. The van der Waals surface area contributed by atoms with Crippen molar-refractivity contribution in [2.24, 2.45) is 11.3 Å². The lowest BCUT2D eigenvalue weighted by Crippen LogP contribution is -2.35. The Morgan fingerprint density at radius 2 is 1.95 bits per heavy atom. The van der Waals surface area contributed by atoms with Gasteiger partial charge in [-0.25, -0.2) is 9.97 Å². The molecule has 1 aliphatic rings. The summed E-state index contributed by atoms with van der Waals surface area (Å²) in [4.78, 5) is 8.51. The molecule has 1 saturated carbocycles. The molecule has 1 heterocycles. The number of hydrogen-bond donors (Lipinski definition) is 2. The second-order valence-electron chi connectivity index (χ2n) is 6.56. The molecule has 4 nitrogen and oxygen atoms in total. The standard InChI is InChI=1S/C15H26N4/c1-11(2)19-14-8-13(17-10-18-14)16-9-15(3,4)12-6-5-7-12/h8,10-12H,5-7,9H2,1-4H3,(H2,16,17,18,19). The van der Waals surface area contributed by atoms with Gasteiger partial charge in [0.25, 0.3) is 0 Å². The minimum Gasteiger partial charge on any atom is -0.369 e. The number of nitrogens with one attached hydrogen (secondary N) is 2. The molecule has 106 valence electrons. The molecule has 0 aromatic carbocycles. The molecule has 2 rings (SSSR count). The molecule has 0 atom stereocenters. The van der Waals surface area contributed by atoms with Gasteiger partial charge in [0, 0.05) is 18.7 Å². The van der Waals surface area contributed by atoms with Gasteiger partial charge in [-0.3, -0.25) is 0 Å². The van der Waals surface area contributed by atoms with E-state index in [1.807, 2.05) is 6.07 Å². The van der Waals surface area contributed by atoms with Crippen molar-refractivity contribution in [3.8, 4) is 0 Å². The third-order valence-electron chi connectivity index (χ3n) is 4.04. The molecule has 1 aliphatic carbocycles. The van der Waals surface area contributed by atoms with Gasteiger partial charge in [0.15, 0.2) is 0 Å². The third-order valence-corrected chi connectivity index (χ3v) is 4.04. The summed E-state index contributed by atoms with van der Waals surface area (Å²) in [6, 6.07) is 2.37. The molecule has 0 radical (unpaired) electrons. The Hall–Kier alpha value is -1.32. The maximum absolute atomic E-state index is 4.29. The van der Waals surface area contributed by atoms with Gasteiger partial charge in [-0.2, -0.15) is 0 Å². The predicted molar refractivity (Wildman–Crippen MR) is 80.4 cm³/mol. The van der Waals surface area contributed by atoms with Crippen LogP contribution < -0.4 is 10.6 Å². The lowest BCUT2D eigenvalue weighted by atomic mass is 9.67. The van der Waals surface area contributed by atoms with Crippen LogP contribution in [-0.2, 0) is 0 Å². The molecule has 4 heteroatoms. The first-order chi connectivity index (χ1) is 8.97. The Balaban J connectivity index is 1.91. The van der Waals surface area contributed by atoms with E-state index in [9.17, 15) is 0 Å². The highest BCUT2D eigenvalue weighted by Crippen LogP contribution is 2.41. The molecule has 0 amide bonds. The number of aromatic nitrogens is 2. The molecule has 1 aromatic rings. The molecule has 2 N–H and O–H groups in total. The van der Waals surface area contributed by atoms with E-state index >= 15 is 0 Å². The molecular formula is C15H26N4. The summed E-state index contributed by atoms with van der Waals surface area (Å²) in [5, 5.41) is 6.75. The minimum atomic E-state index is 0.342. The molecule has 1 aromatic heterocycles. The Morgan fingerprint density at radius 3 is 2.53 bits per heavy atom. The van der Waals surface area contributed by atoms with Gasteiger partial charge in [0.1, 0.15) is 18.0 Å². The molecular weight excluding hydrogens is 236 g/mol. The zero-order valence-electron chi connectivity index (χ0n) is 12.5. The highest BCUT2D eigenvalue weighted by Gasteiger charge is 2.33. The fourth-order valence-electron chi connectivity index (χ4n) is 2.48. The molecule has 0 aliphatic heterocycles. The first-order valence-electron chi connectivity index (χ1n) is 7.30. The van der Waals surface area contributed by atoms with Crippen LogP contribution in [0, 0.1) is 11.3 Å². The average molecular weight is 262 g/mol. The van der Waals surface area contributed by atoms with Crippen molar-refractivity contribution in [2.45, 2.75) is 53.0 Å². The zero-order chi connectivity index (χ0) is 13.9. The van der Waals surface area contributed by atoms with E-state index in [1.54, 1.807) is 6.33 Å². The smallest absolute Gasteiger partial charge is 0.131 e. The van der Waals surface area contributed by atoms with Crippen LogP contribution in [0.1, 0.15) is 47.0 Å². The normalized spacial score (nSPS) is 16.3. The van der Waals surface area contributed by atoms with Gasteiger partial charge in [-0.05, 0) is 38.0 Å². The maximum Gasteiger partial charge on any atom is 0.131 e. The van der Waals surface area contributed by atoms with E-state index in [0.717, 1.165) is 24.1 Å². The Labute approximate surface area is 116 Å². The molecule has 19 heavy (non-hydrogen) atoms. The fourth-order valence-corrected chi connectivity index (χ4v) is 2.48. The van der Waals surface area contributed by atoms with E-state index in [-0.39, 0.29) is 0 Å². The van der Waals surface area contributed by atoms with Gasteiger partial charge in [0.05, 0.1) is 0 Å². The van der Waals surface area contributed by atoms with Crippen LogP contribution >= 0.6 is 0 Å². The third kappa shape index (κ3) is 3.82. The van der Waals surface area contributed by atoms with Crippen molar-refractivity contribution in [3.63, 3.8) is 0 Å². The van der Waals surface area contributed by atoms with Crippen molar-refractivity contribution >= 4 is 11.6 Å². The van der Waals surface area contributed by atoms with Crippen molar-refractivity contribution in [1.82, 2.24) is 9.97 Å². The van der Waals surface area contributed by atoms with Crippen LogP contribution in [-0.4, -0.2) is 22.6 Å². The molecule has 0 saturated heterocycles. The first-order valence-corrected chi connectivity index (χ1v) is 7.30. The van der Waals surface area contributed by atoms with Crippen molar-refractivity contribution in [1.29, 1.82) is 0 Å². The Bertz CT molecular complexity index is 410. The van der Waals surface area contributed by atoms with E-state index in [4.69, 9.17) is 0 Å². The van der Waals surface area contributed by atoms with E-state index in [0.29, 0.717) is 11.5 Å². The summed E-state index contributed by atoms with van der Waals surface area (Å²) in [6.07, 6.45) is 5.75. The quantitative estimate of drug-likeness (QED) is 0.823. The average Bonchev–Trinajstić information content (AvgIpc) is 2.23. The Kier molecular flexibility index (Phi) is 4.27. The van der Waals surface area contributed by atoms with Crippen LogP contribution in [0.25, 0.3) is 0 Å². The summed E-state index contributed by atoms with van der Waals surface area (Å²) in [5.74, 6) is 2.65. The summed E-state index contributed by atoms with van der Waals surface area (Å²) in [7, 11) is 0. The highest BCUT2D eigenvalue weighted by atomic mass is 15.1. The van der Waals surface area contributed by atoms with Crippen LogP contribution in [0.5, 0.6) is 0 Å². The highest BCUT2D eigenvalue weighted by molar-refractivity contribution is 5.46. The number of nitrogens with zero attached hydrogens (tertiary/aromatic N) is 2. The van der Waals surface area contributed by atoms with E-state index < -0.39 is 0 Å². The number of rotatable bonds is 6. The van der Waals surface area contributed by atoms with E-state index in [1.165, 1.54) is 19.3 Å². The maximum atomic E-state index is 4.29. The van der Waals surface area contributed by atoms with Crippen LogP contribution in [0.2, 0.25) is 0 Å². The SMILES string of the molecule is CC(C)Nc1cc(NCC(C)(C)C2CCC2)ncn1. The second-order valence-corrected chi connectivity index (χ2v) is 6.56. The second kappa shape index (κ2) is 5.76. The summed E-state index contributed by atoms with van der Waals surface area (Å²) in [6.45, 7) is 9.87. The number of hydrogen-bond acceptors (Lipinski definition) is 4. The van der Waals surface area contributed by atoms with Gasteiger partial charge in [-0.1, -0.05) is 20.3 Å². The topological polar surface area (TPSA) is 49.8 Å². The summed E-state index contributed by atoms with van der Waals surface area (Å²) < 4.78 is 0. The zero-order valence-corrected chi connectivity index (χ0v) is 12.5. The minimum absolute atomic E-state index is 0.342. The fraction of sp³-hybridized carbons (Fsp3) is 0.733. The van der Waals surface area contributed by atoms with Gasteiger partial charge < -0.3 is 10.6 Å². The summed E-state index contributed by atoms with van der Waals surface area (Å²) >= 11 is 0. The van der Waals surface area contributed by atoms with Crippen LogP contribution in [0.3, 0.4) is 0 Å². The van der Waals surface area contributed by atoms with Crippen LogP contribution in [0.4, 0.5) is 11.6 Å².